The molecule has 2 saturated heterocycles. The molecule has 2 fully saturated rings. The number of carboxylic acids is 1. The van der Waals surface area contributed by atoms with Gasteiger partial charge in [-0.15, -0.1) is 0 Å². The van der Waals surface area contributed by atoms with E-state index in [0.717, 1.165) is 44.4 Å². The van der Waals surface area contributed by atoms with Gasteiger partial charge in [-0.2, -0.15) is 13.2 Å². The highest BCUT2D eigenvalue weighted by Crippen LogP contribution is 2.40. The van der Waals surface area contributed by atoms with Crippen molar-refractivity contribution in [2.24, 2.45) is 0 Å². The van der Waals surface area contributed by atoms with E-state index in [4.69, 9.17) is 9.84 Å². The van der Waals surface area contributed by atoms with Gasteiger partial charge < -0.3 is 14.7 Å². The fraction of sp³-hybridized carbons (Fsp3) is 0.636. The highest BCUT2D eigenvalue weighted by Gasteiger charge is 2.44. The van der Waals surface area contributed by atoms with Crippen molar-refractivity contribution < 1.29 is 32.6 Å². The second-order valence-electron chi connectivity index (χ2n) is 9.40. The number of nitrogens with zero attached hydrogens (tertiary/aromatic N) is 2. The molecule has 3 rings (SSSR count). The molecule has 9 heteroatoms. The molecule has 1 aromatic carbocycles. The summed E-state index contributed by atoms with van der Waals surface area (Å²) >= 11 is 0. The van der Waals surface area contributed by atoms with Gasteiger partial charge >= 0.3 is 18.2 Å². The summed E-state index contributed by atoms with van der Waals surface area (Å²) in [6.07, 6.45) is -1.76. The van der Waals surface area contributed by atoms with Crippen molar-refractivity contribution in [1.82, 2.24) is 9.80 Å². The molecular formula is C22H29F3N2O4. The van der Waals surface area contributed by atoms with Gasteiger partial charge in [0.25, 0.3) is 0 Å². The highest BCUT2D eigenvalue weighted by atomic mass is 19.4. The molecule has 2 aliphatic rings. The fourth-order valence-electron chi connectivity index (χ4n) is 4.57. The van der Waals surface area contributed by atoms with E-state index >= 15 is 0 Å². The van der Waals surface area contributed by atoms with Gasteiger partial charge in [-0.1, -0.05) is 6.07 Å². The van der Waals surface area contributed by atoms with E-state index in [1.54, 1.807) is 4.90 Å². The van der Waals surface area contributed by atoms with Gasteiger partial charge in [0.15, 0.2) is 0 Å². The predicted molar refractivity (Wildman–Crippen MR) is 108 cm³/mol. The third-order valence-electron chi connectivity index (χ3n) is 6.08. The Morgan fingerprint density at radius 1 is 1.10 bits per heavy atom. The minimum atomic E-state index is -4.73. The second-order valence-corrected chi connectivity index (χ2v) is 9.40. The Bertz CT molecular complexity index is 840. The number of rotatable bonds is 3. The molecule has 31 heavy (non-hydrogen) atoms. The second kappa shape index (κ2) is 8.33. The molecule has 0 radical (unpaired) electrons. The molecule has 6 nitrogen and oxygen atoms in total. The smallest absolute Gasteiger partial charge is 0.417 e. The molecule has 1 amide bonds. The monoisotopic (exact) mass is 442 g/mol. The number of halogens is 3. The number of alkyl halides is 3. The maximum atomic E-state index is 13.4. The molecule has 2 heterocycles. The first-order valence-corrected chi connectivity index (χ1v) is 10.5. The van der Waals surface area contributed by atoms with Crippen LogP contribution in [0.5, 0.6) is 0 Å². The first-order valence-electron chi connectivity index (χ1n) is 10.5. The van der Waals surface area contributed by atoms with Crippen LogP contribution < -0.4 is 0 Å². The highest BCUT2D eigenvalue weighted by molar-refractivity contribution is 5.89. The Balaban J connectivity index is 1.72. The van der Waals surface area contributed by atoms with Crippen LogP contribution in [0.15, 0.2) is 18.2 Å². The number of carboxylic acid groups (broad SMARTS) is 1. The third-order valence-corrected chi connectivity index (χ3v) is 6.08. The van der Waals surface area contributed by atoms with Crippen LogP contribution >= 0.6 is 0 Å². The van der Waals surface area contributed by atoms with E-state index in [0.29, 0.717) is 25.2 Å². The normalized spacial score (nSPS) is 19.6. The summed E-state index contributed by atoms with van der Waals surface area (Å²) in [7, 11) is 0. The van der Waals surface area contributed by atoms with E-state index in [1.165, 1.54) is 6.07 Å². The van der Waals surface area contributed by atoms with Crippen molar-refractivity contribution >= 4 is 12.1 Å². The number of carbonyl (C=O) groups excluding carboxylic acids is 1. The summed E-state index contributed by atoms with van der Waals surface area (Å²) < 4.78 is 45.5. The molecule has 0 bridgehead atoms. The number of carbonyl (C=O) groups is 2. The number of hydrogen-bond acceptors (Lipinski definition) is 4. The van der Waals surface area contributed by atoms with Crippen LogP contribution in [0.25, 0.3) is 0 Å². The maximum absolute atomic E-state index is 13.4. The Morgan fingerprint density at radius 3 is 2.29 bits per heavy atom. The largest absolute Gasteiger partial charge is 0.478 e. The molecule has 0 aliphatic carbocycles. The lowest BCUT2D eigenvalue weighted by Crippen LogP contribution is -2.53. The standard InChI is InChI=1S/C22H29F3N2O4/c1-20(2,3)31-19(30)26-11-8-21(9-12-26)7-4-10-27(21)14-15-5-6-16(18(28)29)17(13-15)22(23,24)25/h5-6,13H,4,7-12,14H2,1-3H3,(H,28,29). The Kier molecular flexibility index (Phi) is 6.28. The molecule has 1 spiro atoms. The quantitative estimate of drug-likeness (QED) is 0.730. The van der Waals surface area contributed by atoms with Crippen LogP contribution in [0.1, 0.15) is 67.9 Å². The van der Waals surface area contributed by atoms with Crippen LogP contribution in [-0.2, 0) is 17.5 Å². The Labute approximate surface area is 180 Å². The minimum absolute atomic E-state index is 0.164. The van der Waals surface area contributed by atoms with Crippen LogP contribution in [0.2, 0.25) is 0 Å². The lowest BCUT2D eigenvalue weighted by Gasteiger charge is -2.45. The van der Waals surface area contributed by atoms with Gasteiger partial charge in [0, 0.05) is 25.2 Å². The summed E-state index contributed by atoms with van der Waals surface area (Å²) in [6, 6.07) is 3.44. The van der Waals surface area contributed by atoms with Crippen molar-refractivity contribution in [2.75, 3.05) is 19.6 Å². The number of hydrogen-bond donors (Lipinski definition) is 1. The average Bonchev–Trinajstić information content (AvgIpc) is 3.01. The molecule has 2 aliphatic heterocycles. The first-order chi connectivity index (χ1) is 14.3. The van der Waals surface area contributed by atoms with Crippen LogP contribution in [0.3, 0.4) is 0 Å². The summed E-state index contributed by atoms with van der Waals surface area (Å²) in [6.45, 7) is 7.61. The number of amides is 1. The summed E-state index contributed by atoms with van der Waals surface area (Å²) in [5, 5.41) is 9.09. The van der Waals surface area contributed by atoms with Gasteiger partial charge in [0.05, 0.1) is 11.1 Å². The van der Waals surface area contributed by atoms with Gasteiger partial charge in [-0.05, 0) is 70.7 Å². The zero-order valence-corrected chi connectivity index (χ0v) is 18.1. The Morgan fingerprint density at radius 2 is 1.74 bits per heavy atom. The molecule has 1 aromatic rings. The predicted octanol–water partition coefficient (Wildman–Crippen LogP) is 4.77. The number of piperidine rings is 1. The minimum Gasteiger partial charge on any atom is -0.478 e. The fourth-order valence-corrected chi connectivity index (χ4v) is 4.57. The molecule has 0 atom stereocenters. The van der Waals surface area contributed by atoms with Crippen LogP contribution in [0.4, 0.5) is 18.0 Å². The topological polar surface area (TPSA) is 70.1 Å². The van der Waals surface area contributed by atoms with Gasteiger partial charge in [0.1, 0.15) is 5.60 Å². The van der Waals surface area contributed by atoms with Crippen molar-refractivity contribution in [1.29, 1.82) is 0 Å². The van der Waals surface area contributed by atoms with Crippen LogP contribution in [0, 0.1) is 0 Å². The van der Waals surface area contributed by atoms with E-state index in [-0.39, 0.29) is 11.6 Å². The Hall–Kier alpha value is -2.29. The summed E-state index contributed by atoms with van der Waals surface area (Å²) in [5.41, 5.74) is -2.15. The molecule has 0 unspecified atom stereocenters. The van der Waals surface area contributed by atoms with E-state index in [2.05, 4.69) is 4.90 Å². The maximum Gasteiger partial charge on any atom is 0.417 e. The molecular weight excluding hydrogens is 413 g/mol. The zero-order chi connectivity index (χ0) is 23.0. The van der Waals surface area contributed by atoms with Gasteiger partial charge in [-0.25, -0.2) is 9.59 Å². The third kappa shape index (κ3) is 5.31. The molecule has 1 N–H and O–H groups in total. The number of likely N-dealkylation sites (tertiary alicyclic amines) is 2. The van der Waals surface area contributed by atoms with E-state index < -0.39 is 28.9 Å². The van der Waals surface area contributed by atoms with Gasteiger partial charge in [0.2, 0.25) is 0 Å². The van der Waals surface area contributed by atoms with E-state index in [9.17, 15) is 22.8 Å². The van der Waals surface area contributed by atoms with Crippen molar-refractivity contribution in [3.63, 3.8) is 0 Å². The van der Waals surface area contributed by atoms with Gasteiger partial charge in [-0.3, -0.25) is 4.90 Å². The molecule has 0 saturated carbocycles. The zero-order valence-electron chi connectivity index (χ0n) is 18.1. The SMILES string of the molecule is CC(C)(C)OC(=O)N1CCC2(CCCN2Cc2ccc(C(=O)O)c(C(F)(F)F)c2)CC1. The van der Waals surface area contributed by atoms with Crippen LogP contribution in [-0.4, -0.2) is 57.7 Å². The lowest BCUT2D eigenvalue weighted by atomic mass is 9.84. The van der Waals surface area contributed by atoms with E-state index in [1.807, 2.05) is 20.8 Å². The van der Waals surface area contributed by atoms with Crippen molar-refractivity contribution in [2.45, 2.75) is 70.3 Å². The first kappa shape index (κ1) is 23.4. The molecule has 172 valence electrons. The number of aromatic carboxylic acids is 1. The number of ether oxygens (including phenoxy) is 1. The van der Waals surface area contributed by atoms with Crippen molar-refractivity contribution in [3.05, 3.63) is 34.9 Å². The molecule has 0 aromatic heterocycles. The lowest BCUT2D eigenvalue weighted by molar-refractivity contribution is -0.138. The number of benzene rings is 1. The van der Waals surface area contributed by atoms with Crippen molar-refractivity contribution in [3.8, 4) is 0 Å². The summed E-state index contributed by atoms with van der Waals surface area (Å²) in [4.78, 5) is 27.4. The summed E-state index contributed by atoms with van der Waals surface area (Å²) in [5.74, 6) is -1.59. The average molecular weight is 442 g/mol.